The third-order valence-corrected chi connectivity index (χ3v) is 4.92. The second kappa shape index (κ2) is 7.47. The van der Waals surface area contributed by atoms with Gasteiger partial charge in [-0.05, 0) is 25.7 Å². The molecule has 1 saturated carbocycles. The molecule has 0 aromatic carbocycles. The number of piperidine rings is 1. The van der Waals surface area contributed by atoms with Crippen molar-refractivity contribution in [1.29, 1.82) is 0 Å². The molecule has 1 N–H and O–H groups in total. The van der Waals surface area contributed by atoms with Crippen LogP contribution in [0, 0.1) is 11.3 Å². The summed E-state index contributed by atoms with van der Waals surface area (Å²) in [7, 11) is 0. The van der Waals surface area contributed by atoms with Gasteiger partial charge >= 0.3 is 0 Å². The second-order valence-corrected chi connectivity index (χ2v) is 8.04. The van der Waals surface area contributed by atoms with Crippen molar-refractivity contribution in [3.05, 3.63) is 0 Å². The van der Waals surface area contributed by atoms with E-state index in [1.165, 1.54) is 25.7 Å². The average molecular weight is 308 g/mol. The van der Waals surface area contributed by atoms with Gasteiger partial charge in [0.1, 0.15) is 0 Å². The van der Waals surface area contributed by atoms with Crippen molar-refractivity contribution in [1.82, 2.24) is 10.2 Å². The molecule has 4 nitrogen and oxygen atoms in total. The van der Waals surface area contributed by atoms with Gasteiger partial charge < -0.3 is 10.2 Å². The van der Waals surface area contributed by atoms with Crippen LogP contribution in [0.4, 0.5) is 0 Å². The number of nitrogens with zero attached hydrogens (tertiary/aromatic N) is 1. The maximum absolute atomic E-state index is 12.5. The molecule has 2 amide bonds. The maximum Gasteiger partial charge on any atom is 0.227 e. The third-order valence-electron chi connectivity index (χ3n) is 4.92. The van der Waals surface area contributed by atoms with Gasteiger partial charge in [0.2, 0.25) is 11.8 Å². The molecule has 2 fully saturated rings. The zero-order valence-electron chi connectivity index (χ0n) is 14.5. The molecule has 0 aromatic rings. The maximum atomic E-state index is 12.5. The van der Waals surface area contributed by atoms with Crippen LogP contribution in [-0.4, -0.2) is 35.8 Å². The van der Waals surface area contributed by atoms with Crippen molar-refractivity contribution < 1.29 is 9.59 Å². The molecule has 1 heterocycles. The van der Waals surface area contributed by atoms with E-state index in [2.05, 4.69) is 5.32 Å². The number of likely N-dealkylation sites (tertiary alicyclic amines) is 1. The number of nitrogens with one attached hydrogen (secondary N) is 1. The van der Waals surface area contributed by atoms with Crippen LogP contribution in [0.1, 0.15) is 72.1 Å². The fourth-order valence-electron chi connectivity index (χ4n) is 3.59. The highest BCUT2D eigenvalue weighted by atomic mass is 16.2. The third kappa shape index (κ3) is 4.72. The van der Waals surface area contributed by atoms with E-state index in [0.717, 1.165) is 32.2 Å². The molecule has 2 aliphatic rings. The van der Waals surface area contributed by atoms with Crippen LogP contribution >= 0.6 is 0 Å². The van der Waals surface area contributed by atoms with Crippen molar-refractivity contribution in [2.75, 3.05) is 13.1 Å². The Balaban J connectivity index is 1.88. The summed E-state index contributed by atoms with van der Waals surface area (Å²) in [6.07, 6.45) is 9.12. The first-order chi connectivity index (χ1) is 10.4. The van der Waals surface area contributed by atoms with E-state index >= 15 is 0 Å². The average Bonchev–Trinajstić information content (AvgIpc) is 2.74. The molecule has 0 aromatic heterocycles. The number of carbonyl (C=O) groups excluding carboxylic acids is 2. The Kier molecular flexibility index (Phi) is 5.87. The fraction of sp³-hybridized carbons (Fsp3) is 0.889. The lowest BCUT2D eigenvalue weighted by Crippen LogP contribution is -2.50. The molecule has 0 radical (unpaired) electrons. The lowest BCUT2D eigenvalue weighted by atomic mass is 9.90. The van der Waals surface area contributed by atoms with Gasteiger partial charge in [0.05, 0.1) is 5.92 Å². The zero-order valence-corrected chi connectivity index (χ0v) is 14.5. The lowest BCUT2D eigenvalue weighted by Gasteiger charge is -2.36. The highest BCUT2D eigenvalue weighted by Crippen LogP contribution is 2.24. The van der Waals surface area contributed by atoms with Crippen LogP contribution in [0.5, 0.6) is 0 Å². The predicted molar refractivity (Wildman–Crippen MR) is 88.4 cm³/mol. The molecule has 126 valence electrons. The highest BCUT2D eigenvalue weighted by Gasteiger charge is 2.33. The van der Waals surface area contributed by atoms with Gasteiger partial charge in [0.15, 0.2) is 0 Å². The first-order valence-electron chi connectivity index (χ1n) is 8.97. The SMILES string of the molecule is CC(C)(C)C(=O)N1CCCC(C(=O)NC2CCCCCC2)C1. The summed E-state index contributed by atoms with van der Waals surface area (Å²) in [6.45, 7) is 7.23. The van der Waals surface area contributed by atoms with E-state index in [-0.39, 0.29) is 23.1 Å². The number of rotatable bonds is 2. The van der Waals surface area contributed by atoms with Gasteiger partial charge in [-0.2, -0.15) is 0 Å². The molecule has 0 bridgehead atoms. The Bertz CT molecular complexity index is 392. The van der Waals surface area contributed by atoms with Crippen molar-refractivity contribution >= 4 is 11.8 Å². The molecule has 2 rings (SSSR count). The van der Waals surface area contributed by atoms with Crippen LogP contribution in [0.2, 0.25) is 0 Å². The molecule has 0 spiro atoms. The van der Waals surface area contributed by atoms with E-state index in [1.807, 2.05) is 25.7 Å². The van der Waals surface area contributed by atoms with E-state index in [9.17, 15) is 9.59 Å². The summed E-state index contributed by atoms with van der Waals surface area (Å²) in [5.41, 5.74) is -0.361. The normalized spacial score (nSPS) is 24.7. The molecular weight excluding hydrogens is 276 g/mol. The van der Waals surface area contributed by atoms with Gasteiger partial charge in [-0.15, -0.1) is 0 Å². The first-order valence-corrected chi connectivity index (χ1v) is 8.97. The second-order valence-electron chi connectivity index (χ2n) is 8.04. The van der Waals surface area contributed by atoms with Crippen LogP contribution in [0.3, 0.4) is 0 Å². The standard InChI is InChI=1S/C18H32N2O2/c1-18(2,3)17(22)20-12-8-9-14(13-20)16(21)19-15-10-6-4-5-7-11-15/h14-15H,4-13H2,1-3H3,(H,19,21). The van der Waals surface area contributed by atoms with Crippen molar-refractivity contribution in [2.45, 2.75) is 78.2 Å². The van der Waals surface area contributed by atoms with Gasteiger partial charge in [-0.25, -0.2) is 0 Å². The quantitative estimate of drug-likeness (QED) is 0.797. The van der Waals surface area contributed by atoms with Gasteiger partial charge in [-0.3, -0.25) is 9.59 Å². The molecule has 1 atom stereocenters. The summed E-state index contributed by atoms with van der Waals surface area (Å²) in [6, 6.07) is 0.351. The smallest absolute Gasteiger partial charge is 0.227 e. The molecule has 1 aliphatic heterocycles. The molecular formula is C18H32N2O2. The Hall–Kier alpha value is -1.06. The Labute approximate surface area is 135 Å². The fourth-order valence-corrected chi connectivity index (χ4v) is 3.59. The van der Waals surface area contributed by atoms with Gasteiger partial charge in [-0.1, -0.05) is 46.5 Å². The monoisotopic (exact) mass is 308 g/mol. The Morgan fingerprint density at radius 3 is 2.18 bits per heavy atom. The minimum atomic E-state index is -0.361. The molecule has 1 saturated heterocycles. The van der Waals surface area contributed by atoms with E-state index in [1.54, 1.807) is 0 Å². The largest absolute Gasteiger partial charge is 0.353 e. The summed E-state index contributed by atoms with van der Waals surface area (Å²) in [4.78, 5) is 26.9. The number of amides is 2. The first kappa shape index (κ1) is 17.3. The Morgan fingerprint density at radius 1 is 0.955 bits per heavy atom. The lowest BCUT2D eigenvalue weighted by molar-refractivity contribution is -0.142. The number of hydrogen-bond donors (Lipinski definition) is 1. The van der Waals surface area contributed by atoms with Crippen molar-refractivity contribution in [3.8, 4) is 0 Å². The van der Waals surface area contributed by atoms with Crippen LogP contribution < -0.4 is 5.32 Å². The van der Waals surface area contributed by atoms with Crippen molar-refractivity contribution in [2.24, 2.45) is 11.3 Å². The van der Waals surface area contributed by atoms with E-state index in [4.69, 9.17) is 0 Å². The number of carbonyl (C=O) groups is 2. The summed E-state index contributed by atoms with van der Waals surface area (Å²) >= 11 is 0. The van der Waals surface area contributed by atoms with Gasteiger partial charge in [0.25, 0.3) is 0 Å². The Morgan fingerprint density at radius 2 is 1.59 bits per heavy atom. The highest BCUT2D eigenvalue weighted by molar-refractivity contribution is 5.84. The van der Waals surface area contributed by atoms with E-state index < -0.39 is 0 Å². The predicted octanol–water partition coefficient (Wildman–Crippen LogP) is 3.11. The summed E-state index contributed by atoms with van der Waals surface area (Å²) in [5.74, 6) is 0.307. The topological polar surface area (TPSA) is 49.4 Å². The van der Waals surface area contributed by atoms with Crippen molar-refractivity contribution in [3.63, 3.8) is 0 Å². The number of hydrogen-bond acceptors (Lipinski definition) is 2. The minimum Gasteiger partial charge on any atom is -0.353 e. The van der Waals surface area contributed by atoms with Crippen LogP contribution in [-0.2, 0) is 9.59 Å². The molecule has 22 heavy (non-hydrogen) atoms. The summed E-state index contributed by atoms with van der Waals surface area (Å²) < 4.78 is 0. The summed E-state index contributed by atoms with van der Waals surface area (Å²) in [5, 5.41) is 3.25. The van der Waals surface area contributed by atoms with Gasteiger partial charge in [0, 0.05) is 24.5 Å². The minimum absolute atomic E-state index is 0.0247. The van der Waals surface area contributed by atoms with Crippen LogP contribution in [0.25, 0.3) is 0 Å². The molecule has 4 heteroatoms. The molecule has 1 unspecified atom stereocenters. The van der Waals surface area contributed by atoms with Crippen LogP contribution in [0.15, 0.2) is 0 Å². The zero-order chi connectivity index (χ0) is 16.2. The van der Waals surface area contributed by atoms with E-state index in [0.29, 0.717) is 12.6 Å². The molecule has 1 aliphatic carbocycles.